The van der Waals surface area contributed by atoms with Crippen molar-refractivity contribution in [2.24, 2.45) is 0 Å². The Morgan fingerprint density at radius 2 is 1.72 bits per heavy atom. The lowest BCUT2D eigenvalue weighted by Crippen LogP contribution is -2.05. The lowest BCUT2D eigenvalue weighted by molar-refractivity contribution is -0.114. The molecule has 2 aromatic rings. The average molecular weight is 265 g/mol. The maximum absolute atomic E-state index is 11.0. The summed E-state index contributed by atoms with van der Waals surface area (Å²) >= 11 is 0. The normalized spacial score (nSPS) is 11.4. The fourth-order valence-electron chi connectivity index (χ4n) is 1.67. The Hall–Kier alpha value is -1.92. The Bertz CT molecular complexity index is 722. The molecule has 0 atom stereocenters. The zero-order valence-electron chi connectivity index (χ0n) is 9.54. The molecule has 0 saturated heterocycles. The Kier molecular flexibility index (Phi) is 3.06. The minimum Gasteiger partial charge on any atom is -0.326 e. The van der Waals surface area contributed by atoms with Gasteiger partial charge in [-0.3, -0.25) is 9.35 Å². The number of carbonyl (C=O) groups is 1. The molecule has 0 aromatic heterocycles. The first kappa shape index (κ1) is 12.5. The van der Waals surface area contributed by atoms with Crippen LogP contribution in [0, 0.1) is 0 Å². The fourth-order valence-corrected chi connectivity index (χ4v) is 2.18. The van der Waals surface area contributed by atoms with E-state index in [0.29, 0.717) is 11.1 Å². The molecule has 0 aliphatic heterocycles. The Morgan fingerprint density at radius 1 is 1.11 bits per heavy atom. The molecular weight excluding hydrogens is 254 g/mol. The smallest absolute Gasteiger partial charge is 0.294 e. The topological polar surface area (TPSA) is 83.5 Å². The van der Waals surface area contributed by atoms with Crippen LogP contribution in [0.2, 0.25) is 0 Å². The molecule has 2 aromatic carbocycles. The number of anilines is 1. The van der Waals surface area contributed by atoms with E-state index in [9.17, 15) is 13.2 Å². The van der Waals surface area contributed by atoms with E-state index in [1.807, 2.05) is 0 Å². The first-order valence-corrected chi connectivity index (χ1v) is 6.59. The second kappa shape index (κ2) is 4.40. The highest BCUT2D eigenvalue weighted by atomic mass is 32.2. The second-order valence-electron chi connectivity index (χ2n) is 3.88. The van der Waals surface area contributed by atoms with E-state index in [4.69, 9.17) is 4.55 Å². The van der Waals surface area contributed by atoms with Crippen LogP contribution in [0.25, 0.3) is 10.8 Å². The van der Waals surface area contributed by atoms with Crippen LogP contribution in [0.4, 0.5) is 5.69 Å². The summed E-state index contributed by atoms with van der Waals surface area (Å²) in [5.74, 6) is -0.177. The predicted molar refractivity (Wildman–Crippen MR) is 68.1 cm³/mol. The van der Waals surface area contributed by atoms with Gasteiger partial charge >= 0.3 is 0 Å². The molecule has 0 radical (unpaired) electrons. The van der Waals surface area contributed by atoms with Gasteiger partial charge < -0.3 is 5.32 Å². The van der Waals surface area contributed by atoms with Crippen LogP contribution >= 0.6 is 0 Å². The van der Waals surface area contributed by atoms with Gasteiger partial charge in [0.05, 0.1) is 4.90 Å². The summed E-state index contributed by atoms with van der Waals surface area (Å²) < 4.78 is 30.9. The summed E-state index contributed by atoms with van der Waals surface area (Å²) in [6.45, 7) is 1.41. The van der Waals surface area contributed by atoms with Crippen LogP contribution in [0.1, 0.15) is 6.92 Å². The van der Waals surface area contributed by atoms with Gasteiger partial charge in [-0.25, -0.2) is 0 Å². The molecular formula is C12H11NO4S. The predicted octanol–water partition coefficient (Wildman–Crippen LogP) is 2.04. The fraction of sp³-hybridized carbons (Fsp3) is 0.0833. The Labute approximate surface area is 104 Å². The molecule has 0 fully saturated rings. The molecule has 5 nitrogen and oxygen atoms in total. The van der Waals surface area contributed by atoms with Gasteiger partial charge in [0, 0.05) is 12.6 Å². The monoisotopic (exact) mass is 265 g/mol. The number of amides is 1. The van der Waals surface area contributed by atoms with Gasteiger partial charge in [-0.05, 0) is 35.0 Å². The molecule has 0 bridgehead atoms. The number of hydrogen-bond acceptors (Lipinski definition) is 3. The number of benzene rings is 2. The Balaban J connectivity index is 2.52. The van der Waals surface area contributed by atoms with Gasteiger partial charge in [0.15, 0.2) is 0 Å². The maximum Gasteiger partial charge on any atom is 0.294 e. The van der Waals surface area contributed by atoms with Crippen LogP contribution in [-0.4, -0.2) is 18.9 Å². The number of carbonyl (C=O) groups excluding carboxylic acids is 1. The molecule has 6 heteroatoms. The first-order valence-electron chi connectivity index (χ1n) is 5.15. The summed E-state index contributed by atoms with van der Waals surface area (Å²) in [7, 11) is -4.19. The average Bonchev–Trinajstić information content (AvgIpc) is 2.26. The van der Waals surface area contributed by atoms with Gasteiger partial charge in [0.2, 0.25) is 5.91 Å². The molecule has 18 heavy (non-hydrogen) atoms. The molecule has 0 aliphatic rings. The van der Waals surface area contributed by atoms with Crippen LogP contribution in [0.15, 0.2) is 41.3 Å². The van der Waals surface area contributed by atoms with Crippen molar-refractivity contribution in [3.63, 3.8) is 0 Å². The van der Waals surface area contributed by atoms with Crippen molar-refractivity contribution < 1.29 is 17.8 Å². The highest BCUT2D eigenvalue weighted by Gasteiger charge is 2.09. The summed E-state index contributed by atoms with van der Waals surface area (Å²) in [6.07, 6.45) is 0. The van der Waals surface area contributed by atoms with E-state index < -0.39 is 10.1 Å². The quantitative estimate of drug-likeness (QED) is 0.814. The summed E-state index contributed by atoms with van der Waals surface area (Å²) in [6, 6.07) is 9.33. The van der Waals surface area contributed by atoms with Crippen molar-refractivity contribution in [1.82, 2.24) is 0 Å². The van der Waals surface area contributed by atoms with Gasteiger partial charge in [-0.2, -0.15) is 8.42 Å². The molecule has 0 unspecified atom stereocenters. The van der Waals surface area contributed by atoms with Crippen LogP contribution in [0.5, 0.6) is 0 Å². The maximum atomic E-state index is 11.0. The van der Waals surface area contributed by atoms with Gasteiger partial charge in [-0.1, -0.05) is 12.1 Å². The van der Waals surface area contributed by atoms with Gasteiger partial charge in [-0.15, -0.1) is 0 Å². The zero-order chi connectivity index (χ0) is 13.3. The number of rotatable bonds is 2. The van der Waals surface area contributed by atoms with Crippen LogP contribution in [0.3, 0.4) is 0 Å². The number of nitrogens with one attached hydrogen (secondary N) is 1. The lowest BCUT2D eigenvalue weighted by Gasteiger charge is -2.05. The van der Waals surface area contributed by atoms with Gasteiger partial charge in [0.25, 0.3) is 10.1 Å². The highest BCUT2D eigenvalue weighted by molar-refractivity contribution is 7.85. The Morgan fingerprint density at radius 3 is 2.33 bits per heavy atom. The third-order valence-corrected chi connectivity index (χ3v) is 3.28. The standard InChI is InChI=1S/C12H11NO4S/c1-8(14)13-11-4-2-10-7-12(18(15,16)17)5-3-9(10)6-11/h2-7H,1H3,(H,13,14)(H,15,16,17). The highest BCUT2D eigenvalue weighted by Crippen LogP contribution is 2.22. The molecule has 1 amide bonds. The van der Waals surface area contributed by atoms with Crippen molar-refractivity contribution in [2.45, 2.75) is 11.8 Å². The van der Waals surface area contributed by atoms with Gasteiger partial charge in [0.1, 0.15) is 0 Å². The summed E-state index contributed by atoms with van der Waals surface area (Å²) in [5, 5.41) is 4.07. The third-order valence-electron chi connectivity index (χ3n) is 2.43. The van der Waals surface area contributed by atoms with Crippen molar-refractivity contribution in [2.75, 3.05) is 5.32 Å². The van der Waals surface area contributed by atoms with Crippen molar-refractivity contribution in [3.8, 4) is 0 Å². The van der Waals surface area contributed by atoms with E-state index in [1.54, 1.807) is 24.3 Å². The molecule has 0 heterocycles. The van der Waals surface area contributed by atoms with Crippen molar-refractivity contribution in [1.29, 1.82) is 0 Å². The van der Waals surface area contributed by atoms with E-state index in [-0.39, 0.29) is 10.8 Å². The minimum atomic E-state index is -4.19. The number of hydrogen-bond donors (Lipinski definition) is 2. The van der Waals surface area contributed by atoms with Crippen LogP contribution in [-0.2, 0) is 14.9 Å². The van der Waals surface area contributed by atoms with E-state index >= 15 is 0 Å². The largest absolute Gasteiger partial charge is 0.326 e. The van der Waals surface area contributed by atoms with E-state index in [2.05, 4.69) is 5.32 Å². The first-order chi connectivity index (χ1) is 8.36. The number of fused-ring (bicyclic) bond motifs is 1. The van der Waals surface area contributed by atoms with Crippen molar-refractivity contribution in [3.05, 3.63) is 36.4 Å². The second-order valence-corrected chi connectivity index (χ2v) is 5.30. The molecule has 0 aliphatic carbocycles. The molecule has 94 valence electrons. The molecule has 2 rings (SSSR count). The SMILES string of the molecule is CC(=O)Nc1ccc2cc(S(=O)(=O)O)ccc2c1. The lowest BCUT2D eigenvalue weighted by atomic mass is 10.1. The molecule has 2 N–H and O–H groups in total. The van der Waals surface area contributed by atoms with Crippen LogP contribution < -0.4 is 5.32 Å². The van der Waals surface area contributed by atoms with Crippen molar-refractivity contribution >= 4 is 32.5 Å². The molecule has 0 saturated carbocycles. The molecule has 0 spiro atoms. The van der Waals surface area contributed by atoms with E-state index in [1.165, 1.54) is 19.1 Å². The summed E-state index contributed by atoms with van der Waals surface area (Å²) in [4.78, 5) is 10.8. The minimum absolute atomic E-state index is 0.151. The summed E-state index contributed by atoms with van der Waals surface area (Å²) in [5.41, 5.74) is 0.634. The van der Waals surface area contributed by atoms with E-state index in [0.717, 1.165) is 5.39 Å². The zero-order valence-corrected chi connectivity index (χ0v) is 10.4. The third kappa shape index (κ3) is 2.66.